The fourth-order valence-electron chi connectivity index (χ4n) is 1.18. The molecule has 4 nitrogen and oxygen atoms in total. The van der Waals surface area contributed by atoms with Crippen LogP contribution in [-0.4, -0.2) is 16.2 Å². The van der Waals surface area contributed by atoms with E-state index in [4.69, 9.17) is 21.2 Å². The van der Waals surface area contributed by atoms with Crippen molar-refractivity contribution in [1.82, 2.24) is 5.16 Å². The normalized spacial score (nSPS) is 10.2. The van der Waals surface area contributed by atoms with Crippen LogP contribution >= 0.6 is 11.6 Å². The first-order valence-electron chi connectivity index (χ1n) is 4.14. The quantitative estimate of drug-likeness (QED) is 0.850. The van der Waals surface area contributed by atoms with E-state index in [1.54, 1.807) is 24.3 Å². The highest BCUT2D eigenvalue weighted by atomic mass is 35.5. The van der Waals surface area contributed by atoms with Crippen molar-refractivity contribution in [3.05, 3.63) is 41.0 Å². The standard InChI is InChI=1S/C10H6ClNO3/c11-7-8(10(13)14)12-15-9(7)6-4-2-1-3-5-6/h1-5H,(H,13,14). The highest BCUT2D eigenvalue weighted by Gasteiger charge is 2.20. The fraction of sp³-hybridized carbons (Fsp3) is 0. The summed E-state index contributed by atoms with van der Waals surface area (Å²) in [5.74, 6) is -0.930. The van der Waals surface area contributed by atoms with Crippen LogP contribution in [0.2, 0.25) is 5.02 Å². The Labute approximate surface area is 90.1 Å². The molecule has 0 radical (unpaired) electrons. The molecule has 1 aromatic heterocycles. The number of nitrogens with zero attached hydrogens (tertiary/aromatic N) is 1. The second-order valence-electron chi connectivity index (χ2n) is 2.85. The number of carboxylic acid groups (broad SMARTS) is 1. The van der Waals surface area contributed by atoms with E-state index >= 15 is 0 Å². The van der Waals surface area contributed by atoms with Crippen LogP contribution in [0.1, 0.15) is 10.5 Å². The molecule has 0 bridgehead atoms. The third-order valence-corrected chi connectivity index (χ3v) is 2.22. The Morgan fingerprint density at radius 2 is 2.00 bits per heavy atom. The Morgan fingerprint density at radius 1 is 1.33 bits per heavy atom. The molecule has 1 N–H and O–H groups in total. The third kappa shape index (κ3) is 1.71. The van der Waals surface area contributed by atoms with E-state index < -0.39 is 5.97 Å². The second kappa shape index (κ2) is 3.74. The van der Waals surface area contributed by atoms with E-state index in [9.17, 15) is 4.79 Å². The lowest BCUT2D eigenvalue weighted by molar-refractivity contribution is 0.0686. The van der Waals surface area contributed by atoms with E-state index in [2.05, 4.69) is 5.16 Å². The number of aromatic carboxylic acids is 1. The minimum absolute atomic E-state index is 0.0219. The average molecular weight is 224 g/mol. The molecule has 2 rings (SSSR count). The Morgan fingerprint density at radius 3 is 2.53 bits per heavy atom. The lowest BCUT2D eigenvalue weighted by Gasteiger charge is -1.94. The molecule has 76 valence electrons. The molecule has 2 aromatic rings. The molecule has 0 saturated heterocycles. The van der Waals surface area contributed by atoms with E-state index in [1.165, 1.54) is 0 Å². The first kappa shape index (κ1) is 9.73. The maximum Gasteiger partial charge on any atom is 0.359 e. The number of aromatic nitrogens is 1. The first-order valence-corrected chi connectivity index (χ1v) is 4.52. The van der Waals surface area contributed by atoms with E-state index in [0.717, 1.165) is 0 Å². The molecule has 0 fully saturated rings. The van der Waals surface area contributed by atoms with Gasteiger partial charge in [0, 0.05) is 5.56 Å². The number of hydrogen-bond acceptors (Lipinski definition) is 3. The maximum atomic E-state index is 10.7. The zero-order chi connectivity index (χ0) is 10.8. The largest absolute Gasteiger partial charge is 0.476 e. The molecule has 0 aliphatic heterocycles. The van der Waals surface area contributed by atoms with Gasteiger partial charge in [-0.2, -0.15) is 0 Å². The molecule has 0 amide bonds. The monoisotopic (exact) mass is 223 g/mol. The smallest absolute Gasteiger partial charge is 0.359 e. The molecule has 0 aliphatic rings. The predicted octanol–water partition coefficient (Wildman–Crippen LogP) is 2.69. The summed E-state index contributed by atoms with van der Waals surface area (Å²) in [7, 11) is 0. The summed E-state index contributed by atoms with van der Waals surface area (Å²) in [4.78, 5) is 10.7. The highest BCUT2D eigenvalue weighted by Crippen LogP contribution is 2.30. The molecule has 0 atom stereocenters. The molecular weight excluding hydrogens is 218 g/mol. The van der Waals surface area contributed by atoms with Gasteiger partial charge in [-0.15, -0.1) is 0 Å². The summed E-state index contributed by atoms with van der Waals surface area (Å²) < 4.78 is 4.88. The number of carboxylic acids is 1. The van der Waals surface area contributed by atoms with Gasteiger partial charge in [0.2, 0.25) is 5.69 Å². The summed E-state index contributed by atoms with van der Waals surface area (Å²) in [5, 5.41) is 12.1. The van der Waals surface area contributed by atoms with Crippen molar-refractivity contribution in [1.29, 1.82) is 0 Å². The van der Waals surface area contributed by atoms with Crippen LogP contribution in [0.3, 0.4) is 0 Å². The van der Waals surface area contributed by atoms with Gasteiger partial charge in [0.15, 0.2) is 5.76 Å². The number of carbonyl (C=O) groups is 1. The van der Waals surface area contributed by atoms with Gasteiger partial charge in [0.1, 0.15) is 5.02 Å². The highest BCUT2D eigenvalue weighted by molar-refractivity contribution is 6.35. The molecule has 0 unspecified atom stereocenters. The van der Waals surface area contributed by atoms with Crippen LogP contribution in [0.15, 0.2) is 34.9 Å². The number of halogens is 1. The Balaban J connectivity index is 2.52. The maximum absolute atomic E-state index is 10.7. The number of rotatable bonds is 2. The number of benzene rings is 1. The minimum Gasteiger partial charge on any atom is -0.476 e. The van der Waals surface area contributed by atoms with Crippen LogP contribution in [0, 0.1) is 0 Å². The zero-order valence-electron chi connectivity index (χ0n) is 7.48. The number of hydrogen-bond donors (Lipinski definition) is 1. The van der Waals surface area contributed by atoms with E-state index in [1.807, 2.05) is 6.07 Å². The summed E-state index contributed by atoms with van der Waals surface area (Å²) >= 11 is 5.82. The van der Waals surface area contributed by atoms with Gasteiger partial charge < -0.3 is 9.63 Å². The molecule has 0 spiro atoms. The van der Waals surface area contributed by atoms with Crippen molar-refractivity contribution in [2.24, 2.45) is 0 Å². The SMILES string of the molecule is O=C(O)c1noc(-c2ccccc2)c1Cl. The first-order chi connectivity index (χ1) is 7.20. The van der Waals surface area contributed by atoms with Gasteiger partial charge in [0.25, 0.3) is 0 Å². The molecule has 1 heterocycles. The Kier molecular flexibility index (Phi) is 2.43. The minimum atomic E-state index is -1.20. The van der Waals surface area contributed by atoms with Crippen LogP contribution in [0.25, 0.3) is 11.3 Å². The van der Waals surface area contributed by atoms with Crippen LogP contribution < -0.4 is 0 Å². The van der Waals surface area contributed by atoms with Crippen molar-refractivity contribution in [2.45, 2.75) is 0 Å². The summed E-state index contributed by atoms with van der Waals surface area (Å²) in [5.41, 5.74) is 0.429. The molecule has 5 heteroatoms. The van der Waals surface area contributed by atoms with Gasteiger partial charge in [-0.05, 0) is 0 Å². The van der Waals surface area contributed by atoms with Gasteiger partial charge in [-0.25, -0.2) is 4.79 Å². The Hall–Kier alpha value is -1.81. The average Bonchev–Trinajstić information content (AvgIpc) is 2.61. The molecule has 0 saturated carbocycles. The molecular formula is C10H6ClNO3. The van der Waals surface area contributed by atoms with Crippen molar-refractivity contribution in [3.63, 3.8) is 0 Å². The topological polar surface area (TPSA) is 63.3 Å². The third-order valence-electron chi connectivity index (χ3n) is 1.87. The van der Waals surface area contributed by atoms with Crippen LogP contribution in [0.5, 0.6) is 0 Å². The van der Waals surface area contributed by atoms with Crippen molar-refractivity contribution in [3.8, 4) is 11.3 Å². The lowest BCUT2D eigenvalue weighted by Crippen LogP contribution is -1.96. The fourth-order valence-corrected chi connectivity index (χ4v) is 1.44. The summed E-state index contributed by atoms with van der Waals surface area (Å²) in [6.07, 6.45) is 0. The molecule has 1 aromatic carbocycles. The second-order valence-corrected chi connectivity index (χ2v) is 3.22. The van der Waals surface area contributed by atoms with E-state index in [-0.39, 0.29) is 16.5 Å². The van der Waals surface area contributed by atoms with Gasteiger partial charge in [0.05, 0.1) is 0 Å². The summed E-state index contributed by atoms with van der Waals surface area (Å²) in [6, 6.07) is 8.96. The Bertz CT molecular complexity index is 493. The van der Waals surface area contributed by atoms with Crippen molar-refractivity contribution < 1.29 is 14.4 Å². The van der Waals surface area contributed by atoms with Gasteiger partial charge in [-0.3, -0.25) is 0 Å². The van der Waals surface area contributed by atoms with Gasteiger partial charge >= 0.3 is 5.97 Å². The summed E-state index contributed by atoms with van der Waals surface area (Å²) in [6.45, 7) is 0. The molecule has 15 heavy (non-hydrogen) atoms. The van der Waals surface area contributed by atoms with Crippen LogP contribution in [0.4, 0.5) is 0 Å². The van der Waals surface area contributed by atoms with Gasteiger partial charge in [-0.1, -0.05) is 47.1 Å². The molecule has 0 aliphatic carbocycles. The van der Waals surface area contributed by atoms with E-state index in [0.29, 0.717) is 5.56 Å². The zero-order valence-corrected chi connectivity index (χ0v) is 8.23. The van der Waals surface area contributed by atoms with Crippen molar-refractivity contribution in [2.75, 3.05) is 0 Å². The van der Waals surface area contributed by atoms with Crippen LogP contribution in [-0.2, 0) is 0 Å². The van der Waals surface area contributed by atoms with Crippen molar-refractivity contribution >= 4 is 17.6 Å². The lowest BCUT2D eigenvalue weighted by atomic mass is 10.1. The predicted molar refractivity (Wildman–Crippen MR) is 53.9 cm³/mol.